The predicted octanol–water partition coefficient (Wildman–Crippen LogP) is 3.49. The van der Waals surface area contributed by atoms with Crippen LogP contribution in [0.5, 0.6) is 0 Å². The Morgan fingerprint density at radius 2 is 1.95 bits per heavy atom. The summed E-state index contributed by atoms with van der Waals surface area (Å²) in [5, 5.41) is 8.08. The highest BCUT2D eigenvalue weighted by molar-refractivity contribution is 8.13. The maximum absolute atomic E-state index is 11.6. The van der Waals surface area contributed by atoms with E-state index >= 15 is 0 Å². The molecule has 0 saturated heterocycles. The van der Waals surface area contributed by atoms with E-state index in [9.17, 15) is 8.42 Å². The van der Waals surface area contributed by atoms with Crippen molar-refractivity contribution in [1.29, 1.82) is 0 Å². The molecular formula is C13H15Cl2N3O2S. The van der Waals surface area contributed by atoms with Crippen molar-refractivity contribution < 1.29 is 8.42 Å². The SMILES string of the molecule is Cc1c(Cl)cccc1-c1nnc(S(=O)(=O)Cl)n1CC(C)C. The van der Waals surface area contributed by atoms with Gasteiger partial charge in [0, 0.05) is 27.8 Å². The molecule has 2 rings (SSSR count). The van der Waals surface area contributed by atoms with Crippen LogP contribution in [0.15, 0.2) is 23.4 Å². The number of halogens is 2. The second-order valence-corrected chi connectivity index (χ2v) is 8.03. The first-order valence-electron chi connectivity index (χ1n) is 6.35. The Balaban J connectivity index is 2.70. The van der Waals surface area contributed by atoms with Crippen molar-refractivity contribution in [3.05, 3.63) is 28.8 Å². The monoisotopic (exact) mass is 347 g/mol. The average Bonchev–Trinajstić information content (AvgIpc) is 2.75. The third-order valence-corrected chi connectivity index (χ3v) is 4.55. The molecule has 21 heavy (non-hydrogen) atoms. The fourth-order valence-electron chi connectivity index (χ4n) is 2.05. The predicted molar refractivity (Wildman–Crippen MR) is 83.1 cm³/mol. The summed E-state index contributed by atoms with van der Waals surface area (Å²) < 4.78 is 24.8. The fraction of sp³-hybridized carbons (Fsp3) is 0.385. The van der Waals surface area contributed by atoms with E-state index in [0.717, 1.165) is 11.1 Å². The Hall–Kier alpha value is -1.11. The van der Waals surface area contributed by atoms with Gasteiger partial charge in [0.05, 0.1) is 0 Å². The molecule has 0 atom stereocenters. The van der Waals surface area contributed by atoms with Crippen LogP contribution < -0.4 is 0 Å². The lowest BCUT2D eigenvalue weighted by molar-refractivity contribution is 0.488. The molecule has 0 aliphatic carbocycles. The van der Waals surface area contributed by atoms with Gasteiger partial charge >= 0.3 is 0 Å². The zero-order valence-electron chi connectivity index (χ0n) is 11.8. The van der Waals surface area contributed by atoms with E-state index in [1.54, 1.807) is 12.1 Å². The van der Waals surface area contributed by atoms with E-state index in [2.05, 4.69) is 10.2 Å². The van der Waals surface area contributed by atoms with Crippen molar-refractivity contribution in [3.63, 3.8) is 0 Å². The molecule has 1 aromatic heterocycles. The number of rotatable bonds is 4. The van der Waals surface area contributed by atoms with Crippen LogP contribution in [0.25, 0.3) is 11.4 Å². The lowest BCUT2D eigenvalue weighted by Gasteiger charge is -2.13. The smallest absolute Gasteiger partial charge is 0.296 e. The van der Waals surface area contributed by atoms with Crippen molar-refractivity contribution in [2.75, 3.05) is 0 Å². The summed E-state index contributed by atoms with van der Waals surface area (Å²) in [4.78, 5) is 0. The number of hydrogen-bond donors (Lipinski definition) is 0. The molecule has 5 nitrogen and oxygen atoms in total. The van der Waals surface area contributed by atoms with Gasteiger partial charge in [-0.2, -0.15) is 0 Å². The molecule has 2 aromatic rings. The van der Waals surface area contributed by atoms with Crippen LogP contribution in [0.4, 0.5) is 0 Å². The standard InChI is InChI=1S/C13H15Cl2N3O2S/c1-8(2)7-18-12(16-17-13(18)21(15,19)20)10-5-4-6-11(14)9(10)3/h4-6,8H,7H2,1-3H3. The van der Waals surface area contributed by atoms with Crippen molar-refractivity contribution in [3.8, 4) is 11.4 Å². The molecule has 0 bridgehead atoms. The highest BCUT2D eigenvalue weighted by atomic mass is 35.7. The molecule has 1 aromatic carbocycles. The summed E-state index contributed by atoms with van der Waals surface area (Å²) in [5.74, 6) is 0.652. The molecule has 1 heterocycles. The second-order valence-electron chi connectivity index (χ2n) is 5.16. The Bertz CT molecular complexity index is 770. The summed E-state index contributed by atoms with van der Waals surface area (Å²) in [6.07, 6.45) is 0. The second kappa shape index (κ2) is 5.94. The van der Waals surface area contributed by atoms with Crippen LogP contribution in [0, 0.1) is 12.8 Å². The lowest BCUT2D eigenvalue weighted by Crippen LogP contribution is -2.12. The molecule has 0 N–H and O–H groups in total. The van der Waals surface area contributed by atoms with Crippen LogP contribution >= 0.6 is 22.3 Å². The normalized spacial score (nSPS) is 12.1. The van der Waals surface area contributed by atoms with Gasteiger partial charge in [-0.25, -0.2) is 8.42 Å². The van der Waals surface area contributed by atoms with Gasteiger partial charge in [-0.15, -0.1) is 10.2 Å². The maximum Gasteiger partial charge on any atom is 0.296 e. The van der Waals surface area contributed by atoms with E-state index in [1.807, 2.05) is 26.8 Å². The number of aromatic nitrogens is 3. The molecule has 0 saturated carbocycles. The van der Waals surface area contributed by atoms with Crippen LogP contribution in [0.2, 0.25) is 5.02 Å². The van der Waals surface area contributed by atoms with Gasteiger partial charge in [-0.3, -0.25) is 4.57 Å². The minimum Gasteiger partial charge on any atom is -0.297 e. The summed E-state index contributed by atoms with van der Waals surface area (Å²) in [5.41, 5.74) is 1.55. The third-order valence-electron chi connectivity index (χ3n) is 2.99. The first-order valence-corrected chi connectivity index (χ1v) is 9.04. The third kappa shape index (κ3) is 3.39. The van der Waals surface area contributed by atoms with E-state index in [0.29, 0.717) is 17.4 Å². The lowest BCUT2D eigenvalue weighted by atomic mass is 10.1. The number of hydrogen-bond acceptors (Lipinski definition) is 4. The Kier molecular flexibility index (Phi) is 4.60. The average molecular weight is 348 g/mol. The molecular weight excluding hydrogens is 333 g/mol. The maximum atomic E-state index is 11.6. The topological polar surface area (TPSA) is 64.8 Å². The van der Waals surface area contributed by atoms with Gasteiger partial charge in [0.1, 0.15) is 0 Å². The molecule has 0 radical (unpaired) electrons. The Morgan fingerprint density at radius 3 is 2.52 bits per heavy atom. The molecule has 0 aliphatic rings. The zero-order chi connectivity index (χ0) is 15.8. The van der Waals surface area contributed by atoms with Crippen molar-refractivity contribution >= 4 is 31.3 Å². The summed E-state index contributed by atoms with van der Waals surface area (Å²) >= 11 is 6.12. The molecule has 0 spiro atoms. The highest BCUT2D eigenvalue weighted by Gasteiger charge is 2.24. The summed E-state index contributed by atoms with van der Waals surface area (Å²) in [6, 6.07) is 5.38. The van der Waals surface area contributed by atoms with Gasteiger partial charge in [0.2, 0.25) is 0 Å². The summed E-state index contributed by atoms with van der Waals surface area (Å²) in [6.45, 7) is 6.23. The van der Waals surface area contributed by atoms with Crippen molar-refractivity contribution in [1.82, 2.24) is 14.8 Å². The van der Waals surface area contributed by atoms with Gasteiger partial charge in [-0.05, 0) is 24.5 Å². The van der Waals surface area contributed by atoms with E-state index in [1.165, 1.54) is 4.57 Å². The minimum absolute atomic E-state index is 0.205. The Labute approximate surface area is 133 Å². The number of benzene rings is 1. The molecule has 8 heteroatoms. The molecule has 0 amide bonds. The van der Waals surface area contributed by atoms with E-state index in [4.69, 9.17) is 22.3 Å². The van der Waals surface area contributed by atoms with Crippen LogP contribution in [0.3, 0.4) is 0 Å². The molecule has 0 aliphatic heterocycles. The first-order chi connectivity index (χ1) is 9.71. The van der Waals surface area contributed by atoms with Gasteiger partial charge in [0.15, 0.2) is 5.82 Å². The molecule has 114 valence electrons. The first kappa shape index (κ1) is 16.3. The van der Waals surface area contributed by atoms with Crippen LogP contribution in [0.1, 0.15) is 19.4 Å². The Morgan fingerprint density at radius 1 is 1.29 bits per heavy atom. The van der Waals surface area contributed by atoms with Gasteiger partial charge in [0.25, 0.3) is 14.2 Å². The highest BCUT2D eigenvalue weighted by Crippen LogP contribution is 2.29. The fourth-order valence-corrected chi connectivity index (χ4v) is 3.13. The van der Waals surface area contributed by atoms with Crippen molar-refractivity contribution in [2.24, 2.45) is 5.92 Å². The van der Waals surface area contributed by atoms with E-state index in [-0.39, 0.29) is 11.1 Å². The van der Waals surface area contributed by atoms with Crippen molar-refractivity contribution in [2.45, 2.75) is 32.5 Å². The molecule has 0 fully saturated rings. The quantitative estimate of drug-likeness (QED) is 0.794. The number of nitrogens with zero attached hydrogens (tertiary/aromatic N) is 3. The van der Waals surface area contributed by atoms with Gasteiger partial charge < -0.3 is 0 Å². The van der Waals surface area contributed by atoms with Crippen LogP contribution in [-0.4, -0.2) is 23.2 Å². The van der Waals surface area contributed by atoms with Gasteiger partial charge in [-0.1, -0.05) is 37.6 Å². The molecule has 0 unspecified atom stereocenters. The summed E-state index contributed by atoms with van der Waals surface area (Å²) in [7, 11) is 1.48. The minimum atomic E-state index is -3.96. The zero-order valence-corrected chi connectivity index (χ0v) is 14.2. The van der Waals surface area contributed by atoms with E-state index < -0.39 is 9.05 Å². The van der Waals surface area contributed by atoms with Crippen LogP contribution in [-0.2, 0) is 15.6 Å². The largest absolute Gasteiger partial charge is 0.297 e.